The van der Waals surface area contributed by atoms with Gasteiger partial charge in [0.25, 0.3) is 0 Å². The van der Waals surface area contributed by atoms with E-state index < -0.39 is 0 Å². The molecule has 1 heterocycles. The second-order valence-corrected chi connectivity index (χ2v) is 8.62. The van der Waals surface area contributed by atoms with E-state index in [1.165, 1.54) is 44.2 Å². The van der Waals surface area contributed by atoms with Crippen molar-refractivity contribution in [3.63, 3.8) is 0 Å². The third kappa shape index (κ3) is 2.34. The van der Waals surface area contributed by atoms with Crippen LogP contribution in [0.15, 0.2) is 6.20 Å². The summed E-state index contributed by atoms with van der Waals surface area (Å²) < 4.78 is 0. The average Bonchev–Trinajstić information content (AvgIpc) is 2.86. The second kappa shape index (κ2) is 4.84. The molecule has 21 heavy (non-hydrogen) atoms. The first-order chi connectivity index (χ1) is 10.0. The Morgan fingerprint density at radius 3 is 2.29 bits per heavy atom. The molecule has 0 radical (unpaired) electrons. The first-order valence-corrected chi connectivity index (χ1v) is 8.85. The average molecular weight is 287 g/mol. The molecule has 5 rings (SSSR count). The molecular weight excluding hydrogens is 258 g/mol. The molecule has 1 unspecified atom stereocenters. The fraction of sp³-hybridized carbons (Fsp3) is 0.833. The second-order valence-electron chi connectivity index (χ2n) is 8.62. The van der Waals surface area contributed by atoms with Crippen LogP contribution in [0.5, 0.6) is 0 Å². The molecule has 0 aliphatic heterocycles. The van der Waals surface area contributed by atoms with Crippen molar-refractivity contribution >= 4 is 0 Å². The minimum Gasteiger partial charge on any atom is -0.344 e. The number of nitrogens with two attached hydrogens (primary N) is 1. The van der Waals surface area contributed by atoms with Gasteiger partial charge in [-0.15, -0.1) is 0 Å². The lowest BCUT2D eigenvalue weighted by Crippen LogP contribution is -2.48. The van der Waals surface area contributed by atoms with Gasteiger partial charge in [-0.25, -0.2) is 4.98 Å². The Morgan fingerprint density at radius 1 is 1.19 bits per heavy atom. The number of rotatable bonds is 4. The summed E-state index contributed by atoms with van der Waals surface area (Å²) in [5.41, 5.74) is 8.12. The molecule has 116 valence electrons. The van der Waals surface area contributed by atoms with E-state index in [1.807, 2.05) is 0 Å². The predicted molar refractivity (Wildman–Crippen MR) is 84.8 cm³/mol. The van der Waals surface area contributed by atoms with Crippen molar-refractivity contribution < 1.29 is 0 Å². The molecule has 0 aromatic carbocycles. The summed E-state index contributed by atoms with van der Waals surface area (Å²) >= 11 is 0. The maximum Gasteiger partial charge on any atom is 0.123 e. The van der Waals surface area contributed by atoms with Crippen LogP contribution in [0.3, 0.4) is 0 Å². The van der Waals surface area contributed by atoms with Crippen molar-refractivity contribution in [1.29, 1.82) is 0 Å². The molecule has 4 bridgehead atoms. The maximum absolute atomic E-state index is 6.31. The lowest BCUT2D eigenvalue weighted by Gasteiger charge is -2.56. The third-order valence-electron chi connectivity index (χ3n) is 6.28. The Morgan fingerprint density at radius 2 is 1.76 bits per heavy atom. The van der Waals surface area contributed by atoms with E-state index >= 15 is 0 Å². The van der Waals surface area contributed by atoms with E-state index in [2.05, 4.69) is 30.0 Å². The Kier molecular flexibility index (Phi) is 3.18. The number of aromatic nitrogens is 2. The van der Waals surface area contributed by atoms with Crippen LogP contribution in [0, 0.1) is 23.7 Å². The summed E-state index contributed by atoms with van der Waals surface area (Å²) in [6.45, 7) is 4.45. The van der Waals surface area contributed by atoms with E-state index in [9.17, 15) is 0 Å². The van der Waals surface area contributed by atoms with Gasteiger partial charge in [-0.2, -0.15) is 0 Å². The molecule has 4 saturated carbocycles. The SMILES string of the molecule is CC(C)CC(N)c1ncc(C23CC4CC(CC(C4)C2)C3)[nH]1. The highest BCUT2D eigenvalue weighted by atomic mass is 15.0. The van der Waals surface area contributed by atoms with Gasteiger partial charge in [0, 0.05) is 17.3 Å². The van der Waals surface area contributed by atoms with Gasteiger partial charge < -0.3 is 10.7 Å². The Labute approximate surface area is 128 Å². The molecule has 3 heteroatoms. The molecular formula is C18H29N3. The Balaban J connectivity index is 1.58. The molecule has 3 N–H and O–H groups in total. The van der Waals surface area contributed by atoms with E-state index in [0.717, 1.165) is 30.0 Å². The molecule has 0 saturated heterocycles. The number of hydrogen-bond donors (Lipinski definition) is 2. The first kappa shape index (κ1) is 13.8. The van der Waals surface area contributed by atoms with Crippen molar-refractivity contribution in [2.24, 2.45) is 29.4 Å². The minimum atomic E-state index is 0.0627. The predicted octanol–water partition coefficient (Wildman–Crippen LogP) is 3.92. The van der Waals surface area contributed by atoms with Gasteiger partial charge in [0.1, 0.15) is 5.82 Å². The number of imidazole rings is 1. The molecule has 1 aromatic rings. The molecule has 3 nitrogen and oxygen atoms in total. The van der Waals surface area contributed by atoms with E-state index in [1.54, 1.807) is 0 Å². The van der Waals surface area contributed by atoms with Gasteiger partial charge in [-0.05, 0) is 68.6 Å². The van der Waals surface area contributed by atoms with Crippen LogP contribution in [0.25, 0.3) is 0 Å². The normalized spacial score (nSPS) is 39.1. The van der Waals surface area contributed by atoms with Gasteiger partial charge in [0.15, 0.2) is 0 Å². The zero-order chi connectivity index (χ0) is 14.6. The summed E-state index contributed by atoms with van der Waals surface area (Å²) in [5, 5.41) is 0. The summed E-state index contributed by atoms with van der Waals surface area (Å²) in [4.78, 5) is 8.29. The van der Waals surface area contributed by atoms with Crippen LogP contribution in [0.1, 0.15) is 76.4 Å². The van der Waals surface area contributed by atoms with E-state index in [0.29, 0.717) is 11.3 Å². The number of hydrogen-bond acceptors (Lipinski definition) is 2. The van der Waals surface area contributed by atoms with E-state index in [-0.39, 0.29) is 6.04 Å². The first-order valence-electron chi connectivity index (χ1n) is 8.85. The maximum atomic E-state index is 6.31. The van der Waals surface area contributed by atoms with Crippen molar-refractivity contribution in [3.8, 4) is 0 Å². The molecule has 0 amide bonds. The van der Waals surface area contributed by atoms with Gasteiger partial charge in [-0.1, -0.05) is 13.8 Å². The summed E-state index contributed by atoms with van der Waals surface area (Å²) in [6, 6.07) is 0.0627. The largest absolute Gasteiger partial charge is 0.344 e. The van der Waals surface area contributed by atoms with Gasteiger partial charge in [-0.3, -0.25) is 0 Å². The fourth-order valence-electron chi connectivity index (χ4n) is 5.85. The summed E-state index contributed by atoms with van der Waals surface area (Å²) in [6.07, 6.45) is 11.8. The minimum absolute atomic E-state index is 0.0627. The smallest absolute Gasteiger partial charge is 0.123 e. The number of nitrogens with one attached hydrogen (secondary N) is 1. The topological polar surface area (TPSA) is 54.7 Å². The van der Waals surface area contributed by atoms with Crippen LogP contribution in [0.4, 0.5) is 0 Å². The summed E-state index contributed by atoms with van der Waals surface area (Å²) in [7, 11) is 0. The van der Waals surface area contributed by atoms with Crippen LogP contribution in [-0.2, 0) is 5.41 Å². The quantitative estimate of drug-likeness (QED) is 0.881. The monoisotopic (exact) mass is 287 g/mol. The molecule has 4 fully saturated rings. The zero-order valence-electron chi connectivity index (χ0n) is 13.4. The van der Waals surface area contributed by atoms with Crippen molar-refractivity contribution in [2.45, 2.75) is 70.3 Å². The number of aromatic amines is 1. The van der Waals surface area contributed by atoms with Gasteiger partial charge in [0.2, 0.25) is 0 Å². The highest BCUT2D eigenvalue weighted by Gasteiger charge is 2.52. The molecule has 4 aliphatic rings. The van der Waals surface area contributed by atoms with Crippen molar-refractivity contribution in [3.05, 3.63) is 17.7 Å². The lowest BCUT2D eigenvalue weighted by atomic mass is 9.49. The van der Waals surface area contributed by atoms with Crippen molar-refractivity contribution in [2.75, 3.05) is 0 Å². The highest BCUT2D eigenvalue weighted by molar-refractivity contribution is 5.22. The van der Waals surface area contributed by atoms with Crippen molar-refractivity contribution in [1.82, 2.24) is 9.97 Å². The van der Waals surface area contributed by atoms with E-state index in [4.69, 9.17) is 5.73 Å². The third-order valence-corrected chi connectivity index (χ3v) is 6.28. The number of nitrogens with zero attached hydrogens (tertiary/aromatic N) is 1. The Hall–Kier alpha value is -0.830. The zero-order valence-corrected chi connectivity index (χ0v) is 13.4. The standard InChI is InChI=1S/C18H29N3/c1-11(2)3-15(19)17-20-10-16(21-17)18-7-12-4-13(8-18)6-14(5-12)9-18/h10-15H,3-9,19H2,1-2H3,(H,20,21). The molecule has 1 atom stereocenters. The Bertz CT molecular complexity index is 481. The number of H-pyrrole nitrogens is 1. The fourth-order valence-corrected chi connectivity index (χ4v) is 5.85. The lowest BCUT2D eigenvalue weighted by molar-refractivity contribution is -0.00707. The van der Waals surface area contributed by atoms with Gasteiger partial charge in [0.05, 0.1) is 6.04 Å². The van der Waals surface area contributed by atoms with Crippen LogP contribution in [-0.4, -0.2) is 9.97 Å². The van der Waals surface area contributed by atoms with Crippen LogP contribution >= 0.6 is 0 Å². The molecule has 4 aliphatic carbocycles. The molecule has 1 aromatic heterocycles. The van der Waals surface area contributed by atoms with Gasteiger partial charge >= 0.3 is 0 Å². The molecule has 0 spiro atoms. The van der Waals surface area contributed by atoms with Crippen LogP contribution in [0.2, 0.25) is 0 Å². The van der Waals surface area contributed by atoms with Crippen LogP contribution < -0.4 is 5.73 Å². The summed E-state index contributed by atoms with van der Waals surface area (Å²) in [5.74, 6) is 4.56. The highest BCUT2D eigenvalue weighted by Crippen LogP contribution is 2.60.